The van der Waals surface area contributed by atoms with Crippen LogP contribution < -0.4 is 0 Å². The highest BCUT2D eigenvalue weighted by Crippen LogP contribution is 2.48. The number of hydrogen-bond donors (Lipinski definition) is 0. The Kier molecular flexibility index (Phi) is 4.75. The fraction of sp³-hybridized carbons (Fsp3) is 0. The normalized spacial score (nSPS) is 12.1. The van der Waals surface area contributed by atoms with E-state index in [1.807, 2.05) is 6.07 Å². The monoisotopic (exact) mass is 559 g/mol. The lowest BCUT2D eigenvalue weighted by Gasteiger charge is -2.23. The molecule has 0 bridgehead atoms. The van der Waals surface area contributed by atoms with E-state index in [0.717, 1.165) is 33.1 Å². The standard InChI is InChI=1S/C42H25NO/c1-2-12-28-27(11-1)29-13-3-4-15-31(29)33-22-21-26(25-38(33)32-16-6-5-14-30(28)32)43-39-19-9-7-17-34(39)36-23-24-37-35-18-8-10-20-40(35)44-42(37)41(36)43/h1-25H. The molecular formula is C42H25NO. The molecule has 0 amide bonds. The zero-order valence-electron chi connectivity index (χ0n) is 23.8. The van der Waals surface area contributed by atoms with E-state index in [1.165, 1.54) is 60.8 Å². The molecule has 0 aliphatic heterocycles. The molecule has 0 saturated carbocycles. The van der Waals surface area contributed by atoms with Crippen molar-refractivity contribution in [2.75, 3.05) is 0 Å². The van der Waals surface area contributed by atoms with Crippen molar-refractivity contribution < 1.29 is 4.42 Å². The van der Waals surface area contributed by atoms with Gasteiger partial charge in [0.25, 0.3) is 0 Å². The van der Waals surface area contributed by atoms with Gasteiger partial charge in [-0.3, -0.25) is 0 Å². The summed E-state index contributed by atoms with van der Waals surface area (Å²) >= 11 is 0. The van der Waals surface area contributed by atoms with Crippen molar-refractivity contribution in [3.8, 4) is 50.2 Å². The second kappa shape index (κ2) is 8.82. The highest BCUT2D eigenvalue weighted by atomic mass is 16.3. The van der Waals surface area contributed by atoms with Gasteiger partial charge in [-0.05, 0) is 74.8 Å². The van der Waals surface area contributed by atoms with Gasteiger partial charge in [0.1, 0.15) is 5.58 Å². The summed E-state index contributed by atoms with van der Waals surface area (Å²) in [6, 6.07) is 54.9. The molecule has 0 fully saturated rings. The van der Waals surface area contributed by atoms with E-state index in [9.17, 15) is 0 Å². The van der Waals surface area contributed by atoms with Crippen LogP contribution >= 0.6 is 0 Å². The predicted octanol–water partition coefficient (Wildman–Crippen LogP) is 11.7. The van der Waals surface area contributed by atoms with Crippen LogP contribution in [0.3, 0.4) is 0 Å². The number of furan rings is 1. The van der Waals surface area contributed by atoms with Crippen LogP contribution in [0.15, 0.2) is 156 Å². The molecule has 0 unspecified atom stereocenters. The van der Waals surface area contributed by atoms with Crippen LogP contribution in [0.2, 0.25) is 0 Å². The summed E-state index contributed by atoms with van der Waals surface area (Å²) in [4.78, 5) is 0. The van der Waals surface area contributed by atoms with E-state index >= 15 is 0 Å². The third kappa shape index (κ3) is 3.14. The summed E-state index contributed by atoms with van der Waals surface area (Å²) in [5, 5.41) is 4.69. The summed E-state index contributed by atoms with van der Waals surface area (Å²) in [6.07, 6.45) is 0. The van der Waals surface area contributed by atoms with Gasteiger partial charge in [0.05, 0.1) is 11.0 Å². The lowest BCUT2D eigenvalue weighted by atomic mass is 9.81. The summed E-state index contributed by atoms with van der Waals surface area (Å²) in [7, 11) is 0. The Balaban J connectivity index is 1.34. The molecule has 2 heteroatoms. The summed E-state index contributed by atoms with van der Waals surface area (Å²) < 4.78 is 9.03. The highest BCUT2D eigenvalue weighted by molar-refractivity contribution is 6.21. The Labute approximate surface area is 254 Å². The van der Waals surface area contributed by atoms with Gasteiger partial charge in [0, 0.05) is 27.2 Å². The SMILES string of the molecule is c1ccc2c(c1)-c1ccccc1-c1ccc(-n3c4ccccc4c4ccc5c6ccccc6oc5c43)cc1-c1ccccc1-2. The molecule has 10 rings (SSSR count). The van der Waals surface area contributed by atoms with Crippen molar-refractivity contribution >= 4 is 43.7 Å². The molecule has 7 aromatic carbocycles. The first-order valence-corrected chi connectivity index (χ1v) is 15.1. The van der Waals surface area contributed by atoms with Crippen molar-refractivity contribution in [3.05, 3.63) is 152 Å². The minimum absolute atomic E-state index is 0.911. The first-order chi connectivity index (χ1) is 21.8. The molecule has 2 heterocycles. The molecule has 9 aromatic rings. The molecule has 0 atom stereocenters. The minimum Gasteiger partial charge on any atom is -0.454 e. The van der Waals surface area contributed by atoms with Crippen LogP contribution in [0, 0.1) is 0 Å². The first kappa shape index (κ1) is 23.7. The highest BCUT2D eigenvalue weighted by Gasteiger charge is 2.24. The number of nitrogens with zero attached hydrogens (tertiary/aromatic N) is 1. The average molecular weight is 560 g/mol. The molecule has 0 spiro atoms. The molecule has 1 aliphatic rings. The number of aromatic nitrogens is 1. The number of rotatable bonds is 1. The lowest BCUT2D eigenvalue weighted by molar-refractivity contribution is 0.671. The van der Waals surface area contributed by atoms with Crippen LogP contribution in [-0.4, -0.2) is 4.57 Å². The third-order valence-electron chi connectivity index (χ3n) is 9.38. The molecule has 1 aliphatic carbocycles. The molecule has 2 nitrogen and oxygen atoms in total. The van der Waals surface area contributed by atoms with Crippen molar-refractivity contribution in [2.24, 2.45) is 0 Å². The maximum absolute atomic E-state index is 6.63. The summed E-state index contributed by atoms with van der Waals surface area (Å²) in [5.74, 6) is 0. The second-order valence-corrected chi connectivity index (χ2v) is 11.7. The van der Waals surface area contributed by atoms with Crippen LogP contribution in [-0.2, 0) is 0 Å². The average Bonchev–Trinajstić information content (AvgIpc) is 3.64. The van der Waals surface area contributed by atoms with E-state index in [2.05, 4.69) is 150 Å². The maximum Gasteiger partial charge on any atom is 0.160 e. The fourth-order valence-electron chi connectivity index (χ4n) is 7.49. The van der Waals surface area contributed by atoms with Gasteiger partial charge in [0.2, 0.25) is 0 Å². The lowest BCUT2D eigenvalue weighted by Crippen LogP contribution is -2.00. The maximum atomic E-state index is 6.63. The first-order valence-electron chi connectivity index (χ1n) is 15.1. The molecule has 0 saturated heterocycles. The van der Waals surface area contributed by atoms with Crippen LogP contribution in [0.4, 0.5) is 0 Å². The minimum atomic E-state index is 0.911. The Bertz CT molecular complexity index is 2610. The largest absolute Gasteiger partial charge is 0.454 e. The van der Waals surface area contributed by atoms with E-state index in [1.54, 1.807) is 0 Å². The Morgan fingerprint density at radius 2 is 0.864 bits per heavy atom. The molecule has 204 valence electrons. The predicted molar refractivity (Wildman–Crippen MR) is 183 cm³/mol. The molecule has 44 heavy (non-hydrogen) atoms. The quantitative estimate of drug-likeness (QED) is 0.196. The van der Waals surface area contributed by atoms with Gasteiger partial charge >= 0.3 is 0 Å². The van der Waals surface area contributed by atoms with E-state index in [4.69, 9.17) is 4.42 Å². The topological polar surface area (TPSA) is 18.1 Å². The summed E-state index contributed by atoms with van der Waals surface area (Å²) in [5.41, 5.74) is 15.2. The van der Waals surface area contributed by atoms with Gasteiger partial charge in [0.15, 0.2) is 5.58 Å². The Hall–Kier alpha value is -5.86. The van der Waals surface area contributed by atoms with Crippen molar-refractivity contribution in [1.82, 2.24) is 4.57 Å². The Morgan fingerprint density at radius 1 is 0.364 bits per heavy atom. The Morgan fingerprint density at radius 3 is 1.52 bits per heavy atom. The van der Waals surface area contributed by atoms with Crippen molar-refractivity contribution in [1.29, 1.82) is 0 Å². The zero-order valence-corrected chi connectivity index (χ0v) is 23.8. The van der Waals surface area contributed by atoms with Crippen LogP contribution in [0.1, 0.15) is 0 Å². The molecular weight excluding hydrogens is 534 g/mol. The zero-order chi connectivity index (χ0) is 28.8. The van der Waals surface area contributed by atoms with E-state index in [-0.39, 0.29) is 0 Å². The van der Waals surface area contributed by atoms with E-state index in [0.29, 0.717) is 0 Å². The van der Waals surface area contributed by atoms with Gasteiger partial charge in [-0.1, -0.05) is 121 Å². The fourth-order valence-corrected chi connectivity index (χ4v) is 7.49. The molecule has 0 N–H and O–H groups in total. The van der Waals surface area contributed by atoms with Gasteiger partial charge < -0.3 is 8.98 Å². The number of para-hydroxylation sites is 2. The van der Waals surface area contributed by atoms with Gasteiger partial charge in [-0.25, -0.2) is 0 Å². The third-order valence-corrected chi connectivity index (χ3v) is 9.38. The van der Waals surface area contributed by atoms with Crippen LogP contribution in [0.25, 0.3) is 93.9 Å². The number of fused-ring (bicyclic) bond motifs is 15. The van der Waals surface area contributed by atoms with Gasteiger partial charge in [-0.15, -0.1) is 0 Å². The van der Waals surface area contributed by atoms with E-state index < -0.39 is 0 Å². The smallest absolute Gasteiger partial charge is 0.160 e. The van der Waals surface area contributed by atoms with Crippen LogP contribution in [0.5, 0.6) is 0 Å². The van der Waals surface area contributed by atoms with Crippen molar-refractivity contribution in [2.45, 2.75) is 0 Å². The van der Waals surface area contributed by atoms with Gasteiger partial charge in [-0.2, -0.15) is 0 Å². The number of hydrogen-bond acceptors (Lipinski definition) is 1. The van der Waals surface area contributed by atoms with Crippen molar-refractivity contribution in [3.63, 3.8) is 0 Å². The molecule has 2 aromatic heterocycles. The second-order valence-electron chi connectivity index (χ2n) is 11.7. The molecule has 0 radical (unpaired) electrons. The number of benzene rings is 7. The summed E-state index contributed by atoms with van der Waals surface area (Å²) in [6.45, 7) is 0.